The van der Waals surface area contributed by atoms with Gasteiger partial charge in [0.1, 0.15) is 5.75 Å². The van der Waals surface area contributed by atoms with Crippen molar-refractivity contribution < 1.29 is 5.11 Å². The summed E-state index contributed by atoms with van der Waals surface area (Å²) in [7, 11) is 0. The van der Waals surface area contributed by atoms with Gasteiger partial charge in [-0.25, -0.2) is 5.01 Å². The van der Waals surface area contributed by atoms with Crippen LogP contribution in [0.3, 0.4) is 0 Å². The van der Waals surface area contributed by atoms with Crippen molar-refractivity contribution in [3.05, 3.63) is 28.8 Å². The van der Waals surface area contributed by atoms with Crippen LogP contribution in [-0.4, -0.2) is 28.3 Å². The molecule has 4 N–H and O–H groups in total. The smallest absolute Gasteiger partial charge is 0.209 e. The number of para-hydroxylation sites is 1. The van der Waals surface area contributed by atoms with Gasteiger partial charge in [-0.15, -0.1) is 0 Å². The number of phenols is 1. The molecule has 90 valence electrons. The monoisotopic (exact) mass is 252 g/mol. The van der Waals surface area contributed by atoms with Crippen LogP contribution in [0.4, 0.5) is 0 Å². The van der Waals surface area contributed by atoms with Crippen LogP contribution in [0.25, 0.3) is 0 Å². The largest absolute Gasteiger partial charge is 0.506 e. The van der Waals surface area contributed by atoms with Crippen molar-refractivity contribution in [2.45, 2.75) is 6.92 Å². The van der Waals surface area contributed by atoms with Gasteiger partial charge in [0.2, 0.25) is 5.96 Å². The van der Waals surface area contributed by atoms with Gasteiger partial charge >= 0.3 is 0 Å². The van der Waals surface area contributed by atoms with E-state index in [1.54, 1.807) is 18.2 Å². The Bertz CT molecular complexity index is 500. The lowest BCUT2D eigenvalue weighted by Crippen LogP contribution is -2.31. The maximum atomic E-state index is 9.88. The molecule has 0 unspecified atom stereocenters. The van der Waals surface area contributed by atoms with Crippen molar-refractivity contribution in [2.75, 3.05) is 6.54 Å². The molecule has 5 nitrogen and oxygen atoms in total. The predicted octanol–water partition coefficient (Wildman–Crippen LogP) is 1.59. The number of benzene rings is 1. The van der Waals surface area contributed by atoms with Crippen molar-refractivity contribution in [3.63, 3.8) is 0 Å². The van der Waals surface area contributed by atoms with E-state index in [4.69, 9.17) is 22.7 Å². The number of nitrogens with zero attached hydrogens (tertiary/aromatic N) is 2. The molecule has 0 bridgehead atoms. The topological polar surface area (TPSA) is 85.7 Å². The normalized spacial score (nSPS) is 19.3. The van der Waals surface area contributed by atoms with Gasteiger partial charge in [-0.2, -0.15) is 5.10 Å². The molecule has 0 saturated heterocycles. The first-order chi connectivity index (χ1) is 8.00. The second-order valence-electron chi connectivity index (χ2n) is 3.99. The molecule has 0 radical (unpaired) electrons. The molecule has 0 amide bonds. The summed E-state index contributed by atoms with van der Waals surface area (Å²) in [6.07, 6.45) is 0. The number of hydrogen-bond donors (Lipinski definition) is 3. The third kappa shape index (κ3) is 2.06. The molecular weight excluding hydrogens is 240 g/mol. The van der Waals surface area contributed by atoms with Crippen LogP contribution >= 0.6 is 11.6 Å². The standard InChI is InChI=1S/C11H13ClN4O/c1-6-5-16(11(13)14)15-9(6)7-3-2-4-8(12)10(7)17/h2-4,6,17H,5H2,1H3,(H3,13,14)/t6-/m0/s1. The number of halogens is 1. The Morgan fingerprint density at radius 2 is 2.35 bits per heavy atom. The summed E-state index contributed by atoms with van der Waals surface area (Å²) in [5, 5.41) is 23.1. The molecule has 0 aliphatic carbocycles. The Morgan fingerprint density at radius 3 is 2.94 bits per heavy atom. The van der Waals surface area contributed by atoms with Crippen LogP contribution in [0.5, 0.6) is 5.75 Å². The van der Waals surface area contributed by atoms with Gasteiger partial charge < -0.3 is 10.8 Å². The zero-order chi connectivity index (χ0) is 12.6. The van der Waals surface area contributed by atoms with Crippen molar-refractivity contribution in [1.82, 2.24) is 5.01 Å². The lowest BCUT2D eigenvalue weighted by molar-refractivity contribution is 0.448. The number of guanidine groups is 1. The summed E-state index contributed by atoms with van der Waals surface area (Å²) in [5.41, 5.74) is 6.67. The van der Waals surface area contributed by atoms with E-state index in [0.717, 1.165) is 0 Å². The molecule has 1 aliphatic rings. The first kappa shape index (κ1) is 11.7. The molecule has 17 heavy (non-hydrogen) atoms. The molecule has 0 fully saturated rings. The quantitative estimate of drug-likeness (QED) is 0.524. The average Bonchev–Trinajstić information content (AvgIpc) is 2.65. The number of aromatic hydroxyl groups is 1. The molecule has 1 aliphatic heterocycles. The van der Waals surface area contributed by atoms with Crippen molar-refractivity contribution in [1.29, 1.82) is 5.41 Å². The molecule has 1 heterocycles. The number of nitrogens with two attached hydrogens (primary N) is 1. The average molecular weight is 253 g/mol. The third-order valence-electron chi connectivity index (χ3n) is 2.68. The number of rotatable bonds is 1. The van der Waals surface area contributed by atoms with Gasteiger partial charge in [0.25, 0.3) is 0 Å². The SMILES string of the molecule is C[C@H]1CN(C(=N)N)N=C1c1cccc(Cl)c1O. The zero-order valence-electron chi connectivity index (χ0n) is 9.31. The molecule has 2 rings (SSSR count). The van der Waals surface area contributed by atoms with Gasteiger partial charge in [0, 0.05) is 11.5 Å². The summed E-state index contributed by atoms with van der Waals surface area (Å²) in [6.45, 7) is 2.50. The first-order valence-corrected chi connectivity index (χ1v) is 5.56. The Morgan fingerprint density at radius 1 is 1.65 bits per heavy atom. The number of phenolic OH excluding ortho intramolecular Hbond substituents is 1. The summed E-state index contributed by atoms with van der Waals surface area (Å²) in [5.74, 6) is 0.00167. The van der Waals surface area contributed by atoms with E-state index in [0.29, 0.717) is 22.8 Å². The van der Waals surface area contributed by atoms with Crippen LogP contribution < -0.4 is 5.73 Å². The highest BCUT2D eigenvalue weighted by Crippen LogP contribution is 2.31. The minimum Gasteiger partial charge on any atom is -0.506 e. The van der Waals surface area contributed by atoms with E-state index in [1.165, 1.54) is 5.01 Å². The maximum absolute atomic E-state index is 9.88. The van der Waals surface area contributed by atoms with Gasteiger partial charge in [-0.3, -0.25) is 5.41 Å². The van der Waals surface area contributed by atoms with E-state index in [1.807, 2.05) is 6.92 Å². The van der Waals surface area contributed by atoms with Crippen LogP contribution in [-0.2, 0) is 0 Å². The van der Waals surface area contributed by atoms with E-state index in [9.17, 15) is 5.11 Å². The van der Waals surface area contributed by atoms with E-state index in [2.05, 4.69) is 5.10 Å². The highest BCUT2D eigenvalue weighted by molar-refractivity contribution is 6.32. The molecule has 0 saturated carbocycles. The fraction of sp³-hybridized carbons (Fsp3) is 0.273. The lowest BCUT2D eigenvalue weighted by Gasteiger charge is -2.10. The summed E-state index contributed by atoms with van der Waals surface area (Å²) >= 11 is 5.85. The second-order valence-corrected chi connectivity index (χ2v) is 4.40. The van der Waals surface area contributed by atoms with Crippen molar-refractivity contribution >= 4 is 23.3 Å². The van der Waals surface area contributed by atoms with Crippen LogP contribution in [0, 0.1) is 11.3 Å². The van der Waals surface area contributed by atoms with E-state index < -0.39 is 0 Å². The number of hydrogen-bond acceptors (Lipinski definition) is 3. The minimum absolute atomic E-state index is 0.0187. The minimum atomic E-state index is -0.103. The van der Waals surface area contributed by atoms with E-state index >= 15 is 0 Å². The summed E-state index contributed by atoms with van der Waals surface area (Å²) in [4.78, 5) is 0. The lowest BCUT2D eigenvalue weighted by atomic mass is 9.99. The van der Waals surface area contributed by atoms with Crippen molar-refractivity contribution in [3.8, 4) is 5.75 Å². The number of nitrogens with one attached hydrogen (secondary N) is 1. The molecule has 6 heteroatoms. The zero-order valence-corrected chi connectivity index (χ0v) is 10.1. The van der Waals surface area contributed by atoms with Gasteiger partial charge in [0.15, 0.2) is 0 Å². The van der Waals surface area contributed by atoms with Crippen LogP contribution in [0.15, 0.2) is 23.3 Å². The molecule has 0 aromatic heterocycles. The van der Waals surface area contributed by atoms with Gasteiger partial charge in [-0.1, -0.05) is 24.6 Å². The highest BCUT2D eigenvalue weighted by atomic mass is 35.5. The number of hydrazone groups is 1. The predicted molar refractivity (Wildman–Crippen MR) is 67.4 cm³/mol. The molecule has 1 aromatic rings. The van der Waals surface area contributed by atoms with E-state index in [-0.39, 0.29) is 17.6 Å². The summed E-state index contributed by atoms with van der Waals surface area (Å²) < 4.78 is 0. The fourth-order valence-corrected chi connectivity index (χ4v) is 1.98. The summed E-state index contributed by atoms with van der Waals surface area (Å²) in [6, 6.07) is 5.12. The van der Waals surface area contributed by atoms with Gasteiger partial charge in [-0.05, 0) is 12.1 Å². The Kier molecular flexibility index (Phi) is 2.93. The van der Waals surface area contributed by atoms with Crippen molar-refractivity contribution in [2.24, 2.45) is 16.8 Å². The third-order valence-corrected chi connectivity index (χ3v) is 2.99. The maximum Gasteiger partial charge on any atom is 0.209 e. The van der Waals surface area contributed by atoms with Crippen LogP contribution in [0.2, 0.25) is 5.02 Å². The molecule has 1 aromatic carbocycles. The molecule has 0 spiro atoms. The van der Waals surface area contributed by atoms with Crippen LogP contribution in [0.1, 0.15) is 12.5 Å². The van der Waals surface area contributed by atoms with Gasteiger partial charge in [0.05, 0.1) is 17.3 Å². The molecular formula is C11H13ClN4O. The first-order valence-electron chi connectivity index (χ1n) is 5.18. The Balaban J connectivity index is 2.43. The molecule has 1 atom stereocenters. The second kappa shape index (κ2) is 4.25. The Labute approximate surface area is 104 Å². The Hall–Kier alpha value is -1.75. The fourth-order valence-electron chi connectivity index (χ4n) is 1.81. The highest BCUT2D eigenvalue weighted by Gasteiger charge is 2.27.